The van der Waals surface area contributed by atoms with Crippen LogP contribution in [0.1, 0.15) is 27.2 Å². The summed E-state index contributed by atoms with van der Waals surface area (Å²) in [5, 5.41) is 11.4. The average molecular weight is 299 g/mol. The van der Waals surface area contributed by atoms with Gasteiger partial charge in [-0.25, -0.2) is 9.59 Å². The van der Waals surface area contributed by atoms with Gasteiger partial charge in [-0.15, -0.1) is 11.8 Å². The number of nitrogens with one attached hydrogen (secondary N) is 1. The van der Waals surface area contributed by atoms with Gasteiger partial charge in [0, 0.05) is 12.5 Å². The van der Waals surface area contributed by atoms with Gasteiger partial charge < -0.3 is 15.2 Å². The van der Waals surface area contributed by atoms with Crippen molar-refractivity contribution in [2.45, 2.75) is 64.5 Å². The van der Waals surface area contributed by atoms with Crippen LogP contribution in [0.3, 0.4) is 0 Å². The summed E-state index contributed by atoms with van der Waals surface area (Å²) in [6.45, 7) is 11.7. The first kappa shape index (κ1) is 18.5. The SMILES string of the molecule is CC(C)(C)OC(=O)NC(CC#CC[Si](C)(C)C)C(=O)O. The lowest BCUT2D eigenvalue weighted by Crippen LogP contribution is -2.43. The third-order valence-electron chi connectivity index (χ3n) is 2.04. The quantitative estimate of drug-likeness (QED) is 0.618. The Balaban J connectivity index is 4.46. The molecule has 0 aliphatic rings. The summed E-state index contributed by atoms with van der Waals surface area (Å²) in [7, 11) is -1.25. The van der Waals surface area contributed by atoms with Crippen molar-refractivity contribution in [3.8, 4) is 11.8 Å². The van der Waals surface area contributed by atoms with Crippen LogP contribution in [0.5, 0.6) is 0 Å². The van der Waals surface area contributed by atoms with Crippen molar-refractivity contribution < 1.29 is 19.4 Å². The van der Waals surface area contributed by atoms with Gasteiger partial charge in [0.15, 0.2) is 0 Å². The van der Waals surface area contributed by atoms with E-state index in [-0.39, 0.29) is 6.42 Å². The number of carbonyl (C=O) groups excluding carboxylic acids is 1. The second kappa shape index (κ2) is 7.34. The van der Waals surface area contributed by atoms with E-state index in [1.54, 1.807) is 20.8 Å². The fraction of sp³-hybridized carbons (Fsp3) is 0.714. The second-order valence-electron chi connectivity index (χ2n) is 6.83. The van der Waals surface area contributed by atoms with Crippen LogP contribution in [0.4, 0.5) is 4.79 Å². The van der Waals surface area contributed by atoms with Crippen molar-refractivity contribution in [3.63, 3.8) is 0 Å². The number of hydrogen-bond donors (Lipinski definition) is 2. The van der Waals surface area contributed by atoms with E-state index in [1.165, 1.54) is 0 Å². The van der Waals surface area contributed by atoms with Gasteiger partial charge in [-0.05, 0) is 20.8 Å². The molecule has 1 unspecified atom stereocenters. The zero-order chi connectivity index (χ0) is 16.0. The first-order valence-electron chi connectivity index (χ1n) is 6.59. The zero-order valence-electron chi connectivity index (χ0n) is 13.2. The number of carboxylic acid groups (broad SMARTS) is 1. The molecule has 0 bridgehead atoms. The number of alkyl carbamates (subject to hydrolysis) is 1. The lowest BCUT2D eigenvalue weighted by atomic mass is 10.2. The summed E-state index contributed by atoms with van der Waals surface area (Å²) in [4.78, 5) is 22.6. The smallest absolute Gasteiger partial charge is 0.408 e. The minimum Gasteiger partial charge on any atom is -0.480 e. The second-order valence-corrected chi connectivity index (χ2v) is 12.3. The molecule has 0 radical (unpaired) electrons. The number of carbonyl (C=O) groups is 2. The number of hydrogen-bond acceptors (Lipinski definition) is 3. The third kappa shape index (κ3) is 10.4. The van der Waals surface area contributed by atoms with Crippen molar-refractivity contribution in [1.29, 1.82) is 0 Å². The molecule has 0 saturated carbocycles. The fourth-order valence-corrected chi connectivity index (χ4v) is 1.81. The highest BCUT2D eigenvalue weighted by Crippen LogP contribution is 2.08. The molecule has 5 nitrogen and oxygen atoms in total. The van der Waals surface area contributed by atoms with Gasteiger partial charge in [-0.1, -0.05) is 19.6 Å². The largest absolute Gasteiger partial charge is 0.480 e. The molecule has 1 atom stereocenters. The lowest BCUT2D eigenvalue weighted by molar-refractivity contribution is -0.139. The maximum Gasteiger partial charge on any atom is 0.408 e. The molecule has 0 aromatic rings. The highest BCUT2D eigenvalue weighted by molar-refractivity contribution is 6.76. The topological polar surface area (TPSA) is 75.6 Å². The number of ether oxygens (including phenoxy) is 1. The van der Waals surface area contributed by atoms with Gasteiger partial charge >= 0.3 is 12.1 Å². The van der Waals surface area contributed by atoms with Gasteiger partial charge in [0.2, 0.25) is 0 Å². The molecule has 6 heteroatoms. The Hall–Kier alpha value is -1.48. The Kier molecular flexibility index (Phi) is 6.80. The standard InChI is InChI=1S/C14H25NO4Si/c1-14(2,3)19-13(18)15-11(12(16)17)9-7-8-10-20(4,5)6/h11H,9-10H2,1-6H3,(H,15,18)(H,16,17). The summed E-state index contributed by atoms with van der Waals surface area (Å²) in [6, 6.07) is -0.231. The molecule has 114 valence electrons. The van der Waals surface area contributed by atoms with Gasteiger partial charge in [-0.2, -0.15) is 0 Å². The van der Waals surface area contributed by atoms with Crippen molar-refractivity contribution in [3.05, 3.63) is 0 Å². The van der Waals surface area contributed by atoms with Gasteiger partial charge in [-0.3, -0.25) is 0 Å². The van der Waals surface area contributed by atoms with E-state index in [0.717, 1.165) is 6.04 Å². The molecule has 2 N–H and O–H groups in total. The van der Waals surface area contributed by atoms with Crippen molar-refractivity contribution >= 4 is 20.1 Å². The summed E-state index contributed by atoms with van der Waals surface area (Å²) in [5.41, 5.74) is -0.656. The van der Waals surface area contributed by atoms with E-state index in [1.807, 2.05) is 0 Å². The molecule has 0 fully saturated rings. The maximum atomic E-state index is 11.5. The summed E-state index contributed by atoms with van der Waals surface area (Å²) in [6.07, 6.45) is -0.657. The molecule has 0 aromatic carbocycles. The molecule has 20 heavy (non-hydrogen) atoms. The Labute approximate surface area is 122 Å². The van der Waals surface area contributed by atoms with E-state index in [0.29, 0.717) is 0 Å². The minimum absolute atomic E-state index is 0.0824. The zero-order valence-corrected chi connectivity index (χ0v) is 14.2. The first-order valence-corrected chi connectivity index (χ1v) is 10.3. The Morgan fingerprint density at radius 2 is 1.80 bits per heavy atom. The van der Waals surface area contributed by atoms with Crippen LogP contribution in [0.2, 0.25) is 25.7 Å². The number of rotatable bonds is 4. The highest BCUT2D eigenvalue weighted by atomic mass is 28.3. The Morgan fingerprint density at radius 3 is 2.20 bits per heavy atom. The molecule has 0 saturated heterocycles. The van der Waals surface area contributed by atoms with Crippen LogP contribution in [0.25, 0.3) is 0 Å². The summed E-state index contributed by atoms with van der Waals surface area (Å²) >= 11 is 0. The monoisotopic (exact) mass is 299 g/mol. The molecule has 0 rings (SSSR count). The Bertz CT molecular complexity index is 410. The summed E-state index contributed by atoms with van der Waals surface area (Å²) in [5.74, 6) is 4.70. The molecular formula is C14H25NO4Si. The van der Waals surface area contributed by atoms with Gasteiger partial charge in [0.25, 0.3) is 0 Å². The minimum atomic E-state index is -1.25. The van der Waals surface area contributed by atoms with Crippen LogP contribution >= 0.6 is 0 Å². The molecule has 0 heterocycles. The summed E-state index contributed by atoms with van der Waals surface area (Å²) < 4.78 is 5.02. The van der Waals surface area contributed by atoms with E-state index >= 15 is 0 Å². The van der Waals surface area contributed by atoms with Gasteiger partial charge in [0.05, 0.1) is 8.07 Å². The molecule has 0 aliphatic carbocycles. The van der Waals surface area contributed by atoms with E-state index in [2.05, 4.69) is 36.8 Å². The third-order valence-corrected chi connectivity index (χ3v) is 3.28. The van der Waals surface area contributed by atoms with Crippen LogP contribution in [-0.4, -0.2) is 36.9 Å². The van der Waals surface area contributed by atoms with Crippen LogP contribution in [-0.2, 0) is 9.53 Å². The van der Waals surface area contributed by atoms with Crippen LogP contribution in [0, 0.1) is 11.8 Å². The molecule has 0 spiro atoms. The number of carboxylic acids is 1. The predicted octanol–water partition coefficient (Wildman–Crippen LogP) is 2.70. The predicted molar refractivity (Wildman–Crippen MR) is 81.3 cm³/mol. The lowest BCUT2D eigenvalue weighted by Gasteiger charge is -2.21. The van der Waals surface area contributed by atoms with Crippen LogP contribution in [0.15, 0.2) is 0 Å². The number of aliphatic carboxylic acids is 1. The fourth-order valence-electron chi connectivity index (χ4n) is 1.15. The normalized spacial score (nSPS) is 12.9. The number of amides is 1. The van der Waals surface area contributed by atoms with Gasteiger partial charge in [0.1, 0.15) is 11.6 Å². The molecule has 1 amide bonds. The maximum absolute atomic E-state index is 11.5. The van der Waals surface area contributed by atoms with Crippen molar-refractivity contribution in [1.82, 2.24) is 5.32 Å². The van der Waals surface area contributed by atoms with Crippen molar-refractivity contribution in [2.24, 2.45) is 0 Å². The molecular weight excluding hydrogens is 274 g/mol. The highest BCUT2D eigenvalue weighted by Gasteiger charge is 2.23. The Morgan fingerprint density at radius 1 is 1.25 bits per heavy atom. The van der Waals surface area contributed by atoms with E-state index in [4.69, 9.17) is 9.84 Å². The average Bonchev–Trinajstić information content (AvgIpc) is 2.17. The molecule has 0 aromatic heterocycles. The first-order chi connectivity index (χ1) is 8.91. The van der Waals surface area contributed by atoms with E-state index in [9.17, 15) is 9.59 Å². The van der Waals surface area contributed by atoms with Crippen molar-refractivity contribution in [2.75, 3.05) is 0 Å². The molecule has 0 aliphatic heterocycles. The van der Waals surface area contributed by atoms with E-state index < -0.39 is 31.8 Å². The van der Waals surface area contributed by atoms with Crippen LogP contribution < -0.4 is 5.32 Å².